The third-order valence-electron chi connectivity index (χ3n) is 4.67. The Bertz CT molecular complexity index is 691. The molecule has 0 bridgehead atoms. The van der Waals surface area contributed by atoms with Crippen LogP contribution in [-0.4, -0.2) is 28.7 Å². The second-order valence-electron chi connectivity index (χ2n) is 6.50. The second-order valence-corrected chi connectivity index (χ2v) is 7.41. The van der Waals surface area contributed by atoms with Gasteiger partial charge in [0.25, 0.3) is 5.91 Å². The number of benzene rings is 1. The van der Waals surface area contributed by atoms with Gasteiger partial charge in [-0.15, -0.1) is 5.01 Å². The molecule has 1 saturated carbocycles. The number of hydrogen-bond donors (Lipinski definition) is 1. The average molecular weight is 390 g/mol. The smallest absolute Gasteiger partial charge is 0.321 e. The highest BCUT2D eigenvalue weighted by atomic mass is 79.9. The van der Waals surface area contributed by atoms with Crippen molar-refractivity contribution in [2.24, 2.45) is 11.0 Å². The zero-order valence-electron chi connectivity index (χ0n) is 13.5. The van der Waals surface area contributed by atoms with Crippen LogP contribution >= 0.6 is 15.9 Å². The van der Waals surface area contributed by atoms with Crippen molar-refractivity contribution in [2.45, 2.75) is 38.1 Å². The van der Waals surface area contributed by atoms with Crippen molar-refractivity contribution in [1.82, 2.24) is 10.3 Å². The molecule has 24 heavy (non-hydrogen) atoms. The van der Waals surface area contributed by atoms with Crippen LogP contribution in [0.25, 0.3) is 6.08 Å². The second kappa shape index (κ2) is 6.89. The Kier molecular flexibility index (Phi) is 4.85. The molecule has 2 fully saturated rings. The molecule has 5 nitrogen and oxygen atoms in total. The largest absolute Gasteiger partial charge is 0.346 e. The van der Waals surface area contributed by atoms with E-state index >= 15 is 0 Å². The van der Waals surface area contributed by atoms with Crippen molar-refractivity contribution in [1.29, 1.82) is 0 Å². The molecule has 1 heterocycles. The normalized spacial score (nSPS) is 28.0. The molecule has 0 aromatic heterocycles. The van der Waals surface area contributed by atoms with Gasteiger partial charge >= 0.3 is 6.03 Å². The van der Waals surface area contributed by atoms with Crippen LogP contribution in [0.4, 0.5) is 4.79 Å². The van der Waals surface area contributed by atoms with E-state index in [1.165, 1.54) is 6.21 Å². The highest BCUT2D eigenvalue weighted by Gasteiger charge is 2.52. The van der Waals surface area contributed by atoms with Gasteiger partial charge in [0.05, 0.1) is 6.21 Å². The molecule has 2 aliphatic rings. The Morgan fingerprint density at radius 2 is 1.96 bits per heavy atom. The number of imide groups is 1. The fraction of sp³-hybridized carbons (Fsp3) is 0.389. The van der Waals surface area contributed by atoms with Crippen LogP contribution in [0.5, 0.6) is 0 Å². The fourth-order valence-corrected chi connectivity index (χ4v) is 3.52. The highest BCUT2D eigenvalue weighted by molar-refractivity contribution is 9.12. The van der Waals surface area contributed by atoms with Gasteiger partial charge in [-0.3, -0.25) is 4.79 Å². The number of amides is 3. The Hall–Kier alpha value is -1.95. The fourth-order valence-electron chi connectivity index (χ4n) is 3.16. The molecule has 0 atom stereocenters. The monoisotopic (exact) mass is 389 g/mol. The summed E-state index contributed by atoms with van der Waals surface area (Å²) in [5.41, 5.74) is 0.252. The van der Waals surface area contributed by atoms with Crippen molar-refractivity contribution in [3.05, 3.63) is 40.4 Å². The van der Waals surface area contributed by atoms with Crippen LogP contribution in [0, 0.1) is 5.92 Å². The number of carbonyl (C=O) groups is 2. The molecule has 1 aliphatic carbocycles. The standard InChI is InChI=1S/C18H20BrN3O2/c1-13-7-9-18(10-8-13)16(23)22(17(24)21-18)20-12-15(19)11-14-5-3-2-4-6-14/h2-6,11-13H,7-10H2,1H3,(H,21,24). The quantitative estimate of drug-likeness (QED) is 0.629. The lowest BCUT2D eigenvalue weighted by molar-refractivity contribution is -0.132. The van der Waals surface area contributed by atoms with Crippen LogP contribution in [0.3, 0.4) is 0 Å². The van der Waals surface area contributed by atoms with E-state index in [1.54, 1.807) is 0 Å². The molecule has 1 saturated heterocycles. The van der Waals surface area contributed by atoms with Crippen molar-refractivity contribution < 1.29 is 9.59 Å². The number of rotatable bonds is 3. The number of hydrazone groups is 1. The molecule has 0 unspecified atom stereocenters. The Labute approximate surface area is 149 Å². The molecule has 1 aromatic rings. The summed E-state index contributed by atoms with van der Waals surface area (Å²) in [6, 6.07) is 9.30. The van der Waals surface area contributed by atoms with Gasteiger partial charge in [0.2, 0.25) is 0 Å². The van der Waals surface area contributed by atoms with Gasteiger partial charge in [-0.05, 0) is 59.2 Å². The minimum Gasteiger partial charge on any atom is -0.321 e. The number of nitrogens with zero attached hydrogens (tertiary/aromatic N) is 2. The van der Waals surface area contributed by atoms with Crippen LogP contribution in [0.1, 0.15) is 38.2 Å². The minimum absolute atomic E-state index is 0.240. The Morgan fingerprint density at radius 3 is 2.62 bits per heavy atom. The molecule has 1 spiro atoms. The number of halogens is 1. The first-order valence-electron chi connectivity index (χ1n) is 8.13. The third-order valence-corrected chi connectivity index (χ3v) is 5.10. The first kappa shape index (κ1) is 16.9. The molecular formula is C18H20BrN3O2. The third kappa shape index (κ3) is 3.43. The van der Waals surface area contributed by atoms with Crippen molar-refractivity contribution in [3.8, 4) is 0 Å². The summed E-state index contributed by atoms with van der Waals surface area (Å²) < 4.78 is 0.688. The number of allylic oxidation sites excluding steroid dienone is 1. The molecule has 126 valence electrons. The van der Waals surface area contributed by atoms with Crippen molar-refractivity contribution in [2.75, 3.05) is 0 Å². The van der Waals surface area contributed by atoms with E-state index in [4.69, 9.17) is 0 Å². The zero-order chi connectivity index (χ0) is 17.2. The van der Waals surface area contributed by atoms with Crippen LogP contribution < -0.4 is 5.32 Å². The summed E-state index contributed by atoms with van der Waals surface area (Å²) in [6.45, 7) is 2.18. The Morgan fingerprint density at radius 1 is 1.29 bits per heavy atom. The summed E-state index contributed by atoms with van der Waals surface area (Å²) in [7, 11) is 0. The predicted molar refractivity (Wildman–Crippen MR) is 97.6 cm³/mol. The molecule has 1 N–H and O–H groups in total. The van der Waals surface area contributed by atoms with Crippen LogP contribution in [0.2, 0.25) is 0 Å². The molecule has 1 aliphatic heterocycles. The molecular weight excluding hydrogens is 370 g/mol. The van der Waals surface area contributed by atoms with Gasteiger partial charge < -0.3 is 5.32 Å². The summed E-state index contributed by atoms with van der Waals surface area (Å²) >= 11 is 3.40. The molecule has 6 heteroatoms. The average Bonchev–Trinajstić information content (AvgIpc) is 2.80. The summed E-state index contributed by atoms with van der Waals surface area (Å²) in [5, 5.41) is 7.89. The maximum Gasteiger partial charge on any atom is 0.346 e. The maximum atomic E-state index is 12.7. The van der Waals surface area contributed by atoms with E-state index in [1.807, 2.05) is 36.4 Å². The van der Waals surface area contributed by atoms with E-state index in [0.29, 0.717) is 23.2 Å². The highest BCUT2D eigenvalue weighted by Crippen LogP contribution is 2.36. The molecule has 3 amide bonds. The predicted octanol–water partition coefficient (Wildman–Crippen LogP) is 3.91. The van der Waals surface area contributed by atoms with Gasteiger partial charge in [-0.25, -0.2) is 4.79 Å². The molecule has 3 rings (SSSR count). The maximum absolute atomic E-state index is 12.7. The van der Waals surface area contributed by atoms with E-state index < -0.39 is 11.6 Å². The van der Waals surface area contributed by atoms with E-state index in [2.05, 4.69) is 33.3 Å². The molecule has 1 aromatic carbocycles. The SMILES string of the molecule is CC1CCC2(CC1)NC(=O)N(N=CC(Br)=Cc1ccccc1)C2=O. The lowest BCUT2D eigenvalue weighted by Gasteiger charge is -2.33. The number of hydrogen-bond acceptors (Lipinski definition) is 3. The van der Waals surface area contributed by atoms with E-state index in [-0.39, 0.29) is 5.91 Å². The van der Waals surface area contributed by atoms with Gasteiger partial charge in [0.15, 0.2) is 0 Å². The first-order chi connectivity index (χ1) is 11.5. The number of carbonyl (C=O) groups excluding carboxylic acids is 2. The van der Waals surface area contributed by atoms with Gasteiger partial charge in [0.1, 0.15) is 5.54 Å². The van der Waals surface area contributed by atoms with Gasteiger partial charge in [-0.2, -0.15) is 5.10 Å². The lowest BCUT2D eigenvalue weighted by atomic mass is 9.77. The van der Waals surface area contributed by atoms with Crippen LogP contribution in [0.15, 0.2) is 39.9 Å². The van der Waals surface area contributed by atoms with Gasteiger partial charge in [0, 0.05) is 4.48 Å². The minimum atomic E-state index is -0.753. The van der Waals surface area contributed by atoms with Crippen molar-refractivity contribution >= 4 is 40.2 Å². The summed E-state index contributed by atoms with van der Waals surface area (Å²) in [6.07, 6.45) is 6.62. The molecule has 0 radical (unpaired) electrons. The number of urea groups is 1. The topological polar surface area (TPSA) is 61.8 Å². The number of nitrogens with one attached hydrogen (secondary N) is 1. The van der Waals surface area contributed by atoms with Crippen LogP contribution in [-0.2, 0) is 4.79 Å². The summed E-state index contributed by atoms with van der Waals surface area (Å²) in [5.74, 6) is 0.358. The van der Waals surface area contributed by atoms with Crippen molar-refractivity contribution in [3.63, 3.8) is 0 Å². The lowest BCUT2D eigenvalue weighted by Crippen LogP contribution is -2.49. The Balaban J connectivity index is 1.72. The summed E-state index contributed by atoms with van der Waals surface area (Å²) in [4.78, 5) is 24.8. The first-order valence-corrected chi connectivity index (χ1v) is 8.92. The van der Waals surface area contributed by atoms with E-state index in [9.17, 15) is 9.59 Å². The van der Waals surface area contributed by atoms with E-state index in [0.717, 1.165) is 23.4 Å². The van der Waals surface area contributed by atoms with Gasteiger partial charge in [-0.1, -0.05) is 37.3 Å². The zero-order valence-corrected chi connectivity index (χ0v) is 15.1.